The molecule has 1 heteroatoms. The van der Waals surface area contributed by atoms with E-state index < -0.39 is 0 Å². The molecule has 69 heavy (non-hydrogen) atoms. The number of hydrogen-bond donors (Lipinski definition) is 0. The van der Waals surface area contributed by atoms with Crippen LogP contribution in [0.2, 0.25) is 0 Å². The lowest BCUT2D eigenvalue weighted by atomic mass is 9.87. The lowest BCUT2D eigenvalue weighted by Crippen LogP contribution is -2.09. The van der Waals surface area contributed by atoms with E-state index in [2.05, 4.69) is 290 Å². The summed E-state index contributed by atoms with van der Waals surface area (Å²) >= 11 is 0. The van der Waals surface area contributed by atoms with Crippen molar-refractivity contribution in [1.82, 2.24) is 0 Å². The van der Waals surface area contributed by atoms with Crippen molar-refractivity contribution in [3.8, 4) is 77.9 Å². The van der Waals surface area contributed by atoms with Crippen molar-refractivity contribution in [3.05, 3.63) is 285 Å². The average Bonchev–Trinajstić information content (AvgIpc) is 3.44. The van der Waals surface area contributed by atoms with Gasteiger partial charge in [0.05, 0.1) is 0 Å². The molecular formula is C68H47N. The van der Waals surface area contributed by atoms with Crippen molar-refractivity contribution in [1.29, 1.82) is 0 Å². The van der Waals surface area contributed by atoms with Crippen molar-refractivity contribution in [2.75, 3.05) is 4.90 Å². The molecule has 0 heterocycles. The first kappa shape index (κ1) is 41.4. The van der Waals surface area contributed by atoms with E-state index in [0.29, 0.717) is 0 Å². The molecular weight excluding hydrogens is 831 g/mol. The maximum Gasteiger partial charge on any atom is 0.0462 e. The molecule has 0 radical (unpaired) electrons. The Balaban J connectivity index is 0.897. The van der Waals surface area contributed by atoms with E-state index in [-0.39, 0.29) is 0 Å². The Morgan fingerprint density at radius 1 is 0.174 bits per heavy atom. The van der Waals surface area contributed by atoms with Gasteiger partial charge in [-0.3, -0.25) is 0 Å². The highest BCUT2D eigenvalue weighted by atomic mass is 15.1. The van der Waals surface area contributed by atoms with Gasteiger partial charge in [-0.1, -0.05) is 243 Å². The van der Waals surface area contributed by atoms with Crippen molar-refractivity contribution in [2.24, 2.45) is 0 Å². The van der Waals surface area contributed by atoms with Gasteiger partial charge in [0, 0.05) is 17.1 Å². The molecule has 0 bridgehead atoms. The van der Waals surface area contributed by atoms with E-state index in [0.717, 1.165) is 22.6 Å². The second-order valence-corrected chi connectivity index (χ2v) is 17.6. The van der Waals surface area contributed by atoms with Crippen LogP contribution in [0.1, 0.15) is 0 Å². The van der Waals surface area contributed by atoms with Crippen LogP contribution in [0.4, 0.5) is 17.1 Å². The molecule has 0 saturated carbocycles. The van der Waals surface area contributed by atoms with Gasteiger partial charge >= 0.3 is 0 Å². The summed E-state index contributed by atoms with van der Waals surface area (Å²) in [6, 6.07) is 104. The Kier molecular flexibility index (Phi) is 11.0. The van der Waals surface area contributed by atoms with Crippen molar-refractivity contribution in [2.45, 2.75) is 0 Å². The van der Waals surface area contributed by atoms with Crippen LogP contribution in [0.15, 0.2) is 285 Å². The van der Waals surface area contributed by atoms with Crippen LogP contribution >= 0.6 is 0 Å². The van der Waals surface area contributed by atoms with E-state index in [9.17, 15) is 0 Å². The highest BCUT2D eigenvalue weighted by Crippen LogP contribution is 2.43. The molecule has 0 aliphatic carbocycles. The number of nitrogens with zero attached hydrogens (tertiary/aromatic N) is 1. The van der Waals surface area contributed by atoms with Gasteiger partial charge in [0.2, 0.25) is 0 Å². The number of rotatable bonds is 10. The quantitative estimate of drug-likeness (QED) is 0.132. The number of anilines is 3. The normalized spacial score (nSPS) is 11.2. The molecule has 12 rings (SSSR count). The zero-order chi connectivity index (χ0) is 45.9. The third-order valence-corrected chi connectivity index (χ3v) is 13.5. The predicted octanol–water partition coefficient (Wildman–Crippen LogP) is 19.1. The van der Waals surface area contributed by atoms with E-state index in [4.69, 9.17) is 0 Å². The van der Waals surface area contributed by atoms with Gasteiger partial charge < -0.3 is 4.90 Å². The monoisotopic (exact) mass is 877 g/mol. The smallest absolute Gasteiger partial charge is 0.0462 e. The lowest BCUT2D eigenvalue weighted by molar-refractivity contribution is 1.28. The first-order chi connectivity index (χ1) is 34.2. The Hall–Kier alpha value is -9.04. The van der Waals surface area contributed by atoms with Crippen LogP contribution in [-0.2, 0) is 0 Å². The Labute approximate surface area is 404 Å². The summed E-state index contributed by atoms with van der Waals surface area (Å²) in [6.45, 7) is 0. The molecule has 324 valence electrons. The molecule has 0 saturated heterocycles. The van der Waals surface area contributed by atoms with Gasteiger partial charge in [-0.25, -0.2) is 0 Å². The topological polar surface area (TPSA) is 3.24 Å². The average molecular weight is 878 g/mol. The predicted molar refractivity (Wildman–Crippen MR) is 294 cm³/mol. The highest BCUT2D eigenvalue weighted by Gasteiger charge is 2.18. The van der Waals surface area contributed by atoms with E-state index in [1.54, 1.807) is 0 Å². The molecule has 0 spiro atoms. The molecule has 0 N–H and O–H groups in total. The van der Waals surface area contributed by atoms with Gasteiger partial charge in [0.25, 0.3) is 0 Å². The molecule has 1 nitrogen and oxygen atoms in total. The molecule has 0 amide bonds. The summed E-state index contributed by atoms with van der Waals surface area (Å²) < 4.78 is 0. The van der Waals surface area contributed by atoms with E-state index >= 15 is 0 Å². The largest absolute Gasteiger partial charge is 0.311 e. The van der Waals surface area contributed by atoms with Crippen LogP contribution in [-0.4, -0.2) is 0 Å². The summed E-state index contributed by atoms with van der Waals surface area (Å²) in [7, 11) is 0. The molecule has 0 unspecified atom stereocenters. The summed E-state index contributed by atoms with van der Waals surface area (Å²) in [5, 5.41) is 5.01. The van der Waals surface area contributed by atoms with E-state index in [1.807, 2.05) is 0 Å². The summed E-state index contributed by atoms with van der Waals surface area (Å²) in [6.07, 6.45) is 0. The van der Waals surface area contributed by atoms with Gasteiger partial charge in [-0.2, -0.15) is 0 Å². The van der Waals surface area contributed by atoms with Crippen molar-refractivity contribution >= 4 is 38.6 Å². The summed E-state index contributed by atoms with van der Waals surface area (Å²) in [4.78, 5) is 2.36. The van der Waals surface area contributed by atoms with Gasteiger partial charge in [0.15, 0.2) is 0 Å². The fraction of sp³-hybridized carbons (Fsp3) is 0. The first-order valence-corrected chi connectivity index (χ1v) is 23.7. The SMILES string of the molecule is c1ccc(-c2ccccc2-c2ccccc2-c2ccccc2-c2ccc(N(c3ccc(-c4ccc(-c5cccc6ccccc56)cc4)cc3)c3ccc(-c4ccc5ccccc5c4)cc3)cc2)cc1. The second-order valence-electron chi connectivity index (χ2n) is 17.6. The maximum absolute atomic E-state index is 2.36. The highest BCUT2D eigenvalue weighted by molar-refractivity contribution is 5.98. The Morgan fingerprint density at radius 3 is 1.07 bits per heavy atom. The summed E-state index contributed by atoms with van der Waals surface area (Å²) in [5.74, 6) is 0. The standard InChI is InChI=1S/C68H47N/c1-2-16-52(17-3-1)63-22-8-10-24-65(63)67-26-12-13-27-68(67)66-25-11-9-23-64(66)55-39-45-60(46-40-55)69(59-43-37-51(38-44-59)57-34-31-48-15-4-5-19-56(48)47-57)58-41-35-50(36-42-58)49-29-32-54(33-30-49)62-28-14-20-53-18-6-7-21-61(53)62/h1-47H. The number of benzene rings is 12. The number of hydrogen-bond acceptors (Lipinski definition) is 1. The fourth-order valence-corrected chi connectivity index (χ4v) is 10.0. The molecule has 0 aliphatic rings. The van der Waals surface area contributed by atoms with Gasteiger partial charge in [0.1, 0.15) is 0 Å². The van der Waals surface area contributed by atoms with Crippen LogP contribution in [0, 0.1) is 0 Å². The molecule has 12 aromatic rings. The zero-order valence-corrected chi connectivity index (χ0v) is 38.1. The van der Waals surface area contributed by atoms with Gasteiger partial charge in [-0.15, -0.1) is 0 Å². The minimum atomic E-state index is 1.08. The number of fused-ring (bicyclic) bond motifs is 2. The molecule has 12 aromatic carbocycles. The van der Waals surface area contributed by atoms with Crippen molar-refractivity contribution < 1.29 is 0 Å². The third-order valence-electron chi connectivity index (χ3n) is 13.5. The molecule has 0 aliphatic heterocycles. The maximum atomic E-state index is 2.36. The van der Waals surface area contributed by atoms with Gasteiger partial charge in [-0.05, 0) is 142 Å². The zero-order valence-electron chi connectivity index (χ0n) is 38.1. The second kappa shape index (κ2) is 18.3. The fourth-order valence-electron chi connectivity index (χ4n) is 10.0. The van der Waals surface area contributed by atoms with Crippen LogP contribution in [0.5, 0.6) is 0 Å². The third kappa shape index (κ3) is 8.18. The van der Waals surface area contributed by atoms with E-state index in [1.165, 1.54) is 93.9 Å². The Morgan fingerprint density at radius 2 is 0.507 bits per heavy atom. The first-order valence-electron chi connectivity index (χ1n) is 23.7. The molecule has 0 fully saturated rings. The minimum Gasteiger partial charge on any atom is -0.311 e. The Bertz CT molecular complexity index is 3730. The summed E-state index contributed by atoms with van der Waals surface area (Å²) in [5.41, 5.74) is 20.1. The van der Waals surface area contributed by atoms with Crippen LogP contribution in [0.25, 0.3) is 99.4 Å². The van der Waals surface area contributed by atoms with Crippen molar-refractivity contribution in [3.63, 3.8) is 0 Å². The molecule has 0 aromatic heterocycles. The molecule has 0 atom stereocenters. The lowest BCUT2D eigenvalue weighted by Gasteiger charge is -2.26. The van der Waals surface area contributed by atoms with Crippen LogP contribution in [0.3, 0.4) is 0 Å². The van der Waals surface area contributed by atoms with Crippen LogP contribution < -0.4 is 4.90 Å². The minimum absolute atomic E-state index is 1.08.